The van der Waals surface area contributed by atoms with Crippen LogP contribution in [0.25, 0.3) is 0 Å². The van der Waals surface area contributed by atoms with Crippen molar-refractivity contribution in [3.63, 3.8) is 0 Å². The largest absolute Gasteiger partial charge is 0.385 e. The fourth-order valence-electron chi connectivity index (χ4n) is 2.33. The Bertz CT molecular complexity index is 359. The molecule has 0 amide bonds. The van der Waals surface area contributed by atoms with Crippen molar-refractivity contribution >= 4 is 5.69 Å². The number of rotatable bonds is 5. The number of hydrogen-bond donors (Lipinski definition) is 2. The predicted octanol–water partition coefficient (Wildman–Crippen LogP) is 2.60. The smallest absolute Gasteiger partial charge is 0.0716 e. The molecule has 1 aliphatic heterocycles. The van der Waals surface area contributed by atoms with Crippen LogP contribution in [0.4, 0.5) is 5.69 Å². The molecule has 0 saturated carbocycles. The van der Waals surface area contributed by atoms with E-state index in [4.69, 9.17) is 4.74 Å². The number of para-hydroxylation sites is 1. The van der Waals surface area contributed by atoms with E-state index in [1.165, 1.54) is 11.3 Å². The quantitative estimate of drug-likeness (QED) is 0.840. The Kier molecular flexibility index (Phi) is 5.02. The Morgan fingerprint density at radius 2 is 2.22 bits per heavy atom. The highest BCUT2D eigenvalue weighted by molar-refractivity contribution is 5.52. The molecule has 0 radical (unpaired) electrons. The Labute approximate surface area is 110 Å². The summed E-state index contributed by atoms with van der Waals surface area (Å²) in [6.45, 7) is 8.24. The summed E-state index contributed by atoms with van der Waals surface area (Å²) < 4.78 is 5.69. The summed E-state index contributed by atoms with van der Waals surface area (Å²) in [5, 5.41) is 6.89. The molecular formula is C15H24N2O. The molecule has 1 aromatic rings. The topological polar surface area (TPSA) is 33.3 Å². The van der Waals surface area contributed by atoms with Crippen LogP contribution in [0, 0.1) is 0 Å². The van der Waals surface area contributed by atoms with Crippen LogP contribution < -0.4 is 10.6 Å². The van der Waals surface area contributed by atoms with Crippen LogP contribution in [0.15, 0.2) is 24.3 Å². The molecule has 0 aliphatic carbocycles. The number of anilines is 1. The van der Waals surface area contributed by atoms with Gasteiger partial charge in [0.2, 0.25) is 0 Å². The minimum Gasteiger partial charge on any atom is -0.385 e. The molecule has 3 nitrogen and oxygen atoms in total. The van der Waals surface area contributed by atoms with Crippen LogP contribution in [-0.2, 0) is 4.74 Å². The lowest BCUT2D eigenvalue weighted by Gasteiger charge is -2.24. The molecule has 1 atom stereocenters. The van der Waals surface area contributed by atoms with Gasteiger partial charge < -0.3 is 15.4 Å². The zero-order valence-electron chi connectivity index (χ0n) is 11.4. The normalized spacial score (nSPS) is 20.1. The fourth-order valence-corrected chi connectivity index (χ4v) is 2.33. The van der Waals surface area contributed by atoms with Crippen molar-refractivity contribution in [1.29, 1.82) is 0 Å². The summed E-state index contributed by atoms with van der Waals surface area (Å²) in [5.74, 6) is 0.557. The molecule has 1 heterocycles. The molecule has 2 N–H and O–H groups in total. The lowest BCUT2D eigenvalue weighted by Crippen LogP contribution is -2.39. The SMILES string of the molecule is CC(C)c1ccccc1NCCC1CNCCO1. The number of nitrogens with one attached hydrogen (secondary N) is 2. The second-order valence-corrected chi connectivity index (χ2v) is 5.15. The molecule has 3 heteroatoms. The monoisotopic (exact) mass is 248 g/mol. The third kappa shape index (κ3) is 3.72. The predicted molar refractivity (Wildman–Crippen MR) is 76.2 cm³/mol. The summed E-state index contributed by atoms with van der Waals surface area (Å²) in [6.07, 6.45) is 1.41. The van der Waals surface area contributed by atoms with E-state index in [2.05, 4.69) is 48.7 Å². The first-order chi connectivity index (χ1) is 8.77. The van der Waals surface area contributed by atoms with Gasteiger partial charge in [-0.3, -0.25) is 0 Å². The molecule has 18 heavy (non-hydrogen) atoms. The van der Waals surface area contributed by atoms with Crippen molar-refractivity contribution < 1.29 is 4.74 Å². The number of hydrogen-bond acceptors (Lipinski definition) is 3. The summed E-state index contributed by atoms with van der Waals surface area (Å²) >= 11 is 0. The molecule has 1 unspecified atom stereocenters. The average molecular weight is 248 g/mol. The molecule has 0 spiro atoms. The molecule has 2 rings (SSSR count). The fraction of sp³-hybridized carbons (Fsp3) is 0.600. The molecule has 0 bridgehead atoms. The van der Waals surface area contributed by atoms with Crippen molar-refractivity contribution in [2.45, 2.75) is 32.3 Å². The summed E-state index contributed by atoms with van der Waals surface area (Å²) in [4.78, 5) is 0. The average Bonchev–Trinajstić information content (AvgIpc) is 2.40. The molecule has 1 fully saturated rings. The van der Waals surface area contributed by atoms with Crippen LogP contribution in [-0.4, -0.2) is 32.3 Å². The Morgan fingerprint density at radius 3 is 2.94 bits per heavy atom. The van der Waals surface area contributed by atoms with E-state index in [0.717, 1.165) is 32.7 Å². The summed E-state index contributed by atoms with van der Waals surface area (Å²) in [6, 6.07) is 8.56. The van der Waals surface area contributed by atoms with Gasteiger partial charge in [0.05, 0.1) is 12.7 Å². The van der Waals surface area contributed by atoms with Gasteiger partial charge in [-0.1, -0.05) is 32.0 Å². The van der Waals surface area contributed by atoms with Gasteiger partial charge in [-0.2, -0.15) is 0 Å². The minimum absolute atomic E-state index is 0.359. The van der Waals surface area contributed by atoms with Crippen molar-refractivity contribution in [2.24, 2.45) is 0 Å². The summed E-state index contributed by atoms with van der Waals surface area (Å²) in [7, 11) is 0. The van der Waals surface area contributed by atoms with E-state index in [-0.39, 0.29) is 0 Å². The van der Waals surface area contributed by atoms with Crippen LogP contribution in [0.3, 0.4) is 0 Å². The number of ether oxygens (including phenoxy) is 1. The van der Waals surface area contributed by atoms with Gasteiger partial charge in [0, 0.05) is 25.3 Å². The Hall–Kier alpha value is -1.06. The zero-order chi connectivity index (χ0) is 12.8. The first kappa shape index (κ1) is 13.4. The molecule has 0 aromatic heterocycles. The van der Waals surface area contributed by atoms with Crippen LogP contribution in [0.2, 0.25) is 0 Å². The highest BCUT2D eigenvalue weighted by Crippen LogP contribution is 2.23. The third-order valence-electron chi connectivity index (χ3n) is 3.37. The van der Waals surface area contributed by atoms with E-state index in [9.17, 15) is 0 Å². The molecule has 1 aliphatic rings. The maximum absolute atomic E-state index is 5.69. The maximum atomic E-state index is 5.69. The maximum Gasteiger partial charge on any atom is 0.0716 e. The van der Waals surface area contributed by atoms with E-state index in [1.807, 2.05) is 0 Å². The van der Waals surface area contributed by atoms with Crippen molar-refractivity contribution in [3.8, 4) is 0 Å². The second kappa shape index (κ2) is 6.76. The molecule has 1 saturated heterocycles. The number of morpholine rings is 1. The van der Waals surface area contributed by atoms with Gasteiger partial charge in [-0.05, 0) is 24.0 Å². The van der Waals surface area contributed by atoms with E-state index >= 15 is 0 Å². The number of benzene rings is 1. The molecule has 100 valence electrons. The highest BCUT2D eigenvalue weighted by Gasteiger charge is 2.13. The van der Waals surface area contributed by atoms with Crippen LogP contribution >= 0.6 is 0 Å². The standard InChI is InChI=1S/C15H24N2O/c1-12(2)14-5-3-4-6-15(14)17-8-7-13-11-16-9-10-18-13/h3-6,12-13,16-17H,7-11H2,1-2H3. The van der Waals surface area contributed by atoms with Gasteiger partial charge in [0.25, 0.3) is 0 Å². The van der Waals surface area contributed by atoms with Gasteiger partial charge in [-0.25, -0.2) is 0 Å². The minimum atomic E-state index is 0.359. The Balaban J connectivity index is 1.82. The Morgan fingerprint density at radius 1 is 1.39 bits per heavy atom. The lowest BCUT2D eigenvalue weighted by atomic mass is 10.0. The van der Waals surface area contributed by atoms with Crippen molar-refractivity contribution in [3.05, 3.63) is 29.8 Å². The van der Waals surface area contributed by atoms with Crippen LogP contribution in [0.1, 0.15) is 31.7 Å². The first-order valence-electron chi connectivity index (χ1n) is 6.92. The van der Waals surface area contributed by atoms with Crippen LogP contribution in [0.5, 0.6) is 0 Å². The van der Waals surface area contributed by atoms with Gasteiger partial charge >= 0.3 is 0 Å². The van der Waals surface area contributed by atoms with Crippen molar-refractivity contribution in [1.82, 2.24) is 5.32 Å². The second-order valence-electron chi connectivity index (χ2n) is 5.15. The van der Waals surface area contributed by atoms with Gasteiger partial charge in [-0.15, -0.1) is 0 Å². The summed E-state index contributed by atoms with van der Waals surface area (Å²) in [5.41, 5.74) is 2.65. The molecule has 1 aromatic carbocycles. The molecular weight excluding hydrogens is 224 g/mol. The van der Waals surface area contributed by atoms with Gasteiger partial charge in [0.1, 0.15) is 0 Å². The van der Waals surface area contributed by atoms with E-state index in [1.54, 1.807) is 0 Å². The first-order valence-corrected chi connectivity index (χ1v) is 6.92. The zero-order valence-corrected chi connectivity index (χ0v) is 11.4. The highest BCUT2D eigenvalue weighted by atomic mass is 16.5. The third-order valence-corrected chi connectivity index (χ3v) is 3.37. The lowest BCUT2D eigenvalue weighted by molar-refractivity contribution is 0.0258. The van der Waals surface area contributed by atoms with E-state index < -0.39 is 0 Å². The van der Waals surface area contributed by atoms with Crippen molar-refractivity contribution in [2.75, 3.05) is 31.6 Å². The van der Waals surface area contributed by atoms with E-state index in [0.29, 0.717) is 12.0 Å². The van der Waals surface area contributed by atoms with Gasteiger partial charge in [0.15, 0.2) is 0 Å².